The SMILES string of the molecule is COCCN1CCC[C@@]2(CN(Cc3cccnc3Cl)CC(F)(F)C2)C1=O. The first-order valence-electron chi connectivity index (χ1n) is 8.83. The zero-order chi connectivity index (χ0) is 18.8. The number of nitrogens with zero attached hydrogens (tertiary/aromatic N) is 3. The maximum absolute atomic E-state index is 14.6. The average molecular weight is 388 g/mol. The highest BCUT2D eigenvalue weighted by Gasteiger charge is 2.55. The Morgan fingerprint density at radius 3 is 2.92 bits per heavy atom. The molecule has 26 heavy (non-hydrogen) atoms. The Bertz CT molecular complexity index is 661. The van der Waals surface area contributed by atoms with E-state index in [-0.39, 0.29) is 25.4 Å². The van der Waals surface area contributed by atoms with E-state index in [4.69, 9.17) is 16.3 Å². The number of pyridine rings is 1. The zero-order valence-electron chi connectivity index (χ0n) is 14.9. The standard InChI is InChI=1S/C18H24ClF2N3O2/c1-26-9-8-24-7-3-5-17(16(24)25)11-18(20,21)13-23(12-17)10-14-4-2-6-22-15(14)19/h2,4,6H,3,5,7-13H2,1H3/t17-/m1/s1. The minimum Gasteiger partial charge on any atom is -0.383 e. The third kappa shape index (κ3) is 4.15. The van der Waals surface area contributed by atoms with Crippen molar-refractivity contribution in [1.82, 2.24) is 14.8 Å². The van der Waals surface area contributed by atoms with Gasteiger partial charge in [-0.2, -0.15) is 0 Å². The minimum absolute atomic E-state index is 0.178. The summed E-state index contributed by atoms with van der Waals surface area (Å²) in [6, 6.07) is 3.51. The van der Waals surface area contributed by atoms with Gasteiger partial charge in [0.05, 0.1) is 18.6 Å². The van der Waals surface area contributed by atoms with E-state index in [1.165, 1.54) is 0 Å². The number of aromatic nitrogens is 1. The molecule has 2 aliphatic heterocycles. The predicted molar refractivity (Wildman–Crippen MR) is 94.2 cm³/mol. The Hall–Kier alpha value is -1.31. The van der Waals surface area contributed by atoms with Gasteiger partial charge in [0.2, 0.25) is 5.91 Å². The van der Waals surface area contributed by atoms with Crippen LogP contribution < -0.4 is 0 Å². The third-order valence-corrected chi connectivity index (χ3v) is 5.54. The summed E-state index contributed by atoms with van der Waals surface area (Å²) >= 11 is 6.09. The molecule has 0 saturated carbocycles. The fourth-order valence-corrected chi connectivity index (χ4v) is 4.36. The molecule has 0 radical (unpaired) electrons. The lowest BCUT2D eigenvalue weighted by molar-refractivity contribution is -0.170. The second kappa shape index (κ2) is 7.74. The summed E-state index contributed by atoms with van der Waals surface area (Å²) in [5.74, 6) is -3.09. The van der Waals surface area contributed by atoms with E-state index < -0.39 is 11.3 Å². The van der Waals surface area contributed by atoms with Crippen LogP contribution in [0.4, 0.5) is 8.78 Å². The number of carbonyl (C=O) groups excluding carboxylic acids is 1. The van der Waals surface area contributed by atoms with Crippen LogP contribution in [-0.2, 0) is 16.1 Å². The number of halogens is 3. The number of amides is 1. The van der Waals surface area contributed by atoms with Crippen molar-refractivity contribution in [1.29, 1.82) is 0 Å². The van der Waals surface area contributed by atoms with Crippen molar-refractivity contribution >= 4 is 17.5 Å². The van der Waals surface area contributed by atoms with Gasteiger partial charge in [-0.1, -0.05) is 17.7 Å². The molecule has 0 N–H and O–H groups in total. The highest BCUT2D eigenvalue weighted by atomic mass is 35.5. The maximum Gasteiger partial charge on any atom is 0.261 e. The average Bonchev–Trinajstić information content (AvgIpc) is 2.57. The Morgan fingerprint density at radius 1 is 1.38 bits per heavy atom. The van der Waals surface area contributed by atoms with E-state index >= 15 is 0 Å². The highest BCUT2D eigenvalue weighted by Crippen LogP contribution is 2.45. The molecule has 3 rings (SSSR count). The summed E-state index contributed by atoms with van der Waals surface area (Å²) < 4.78 is 34.2. The lowest BCUT2D eigenvalue weighted by Crippen LogP contribution is -2.61. The number of ether oxygens (including phenoxy) is 1. The van der Waals surface area contributed by atoms with E-state index in [9.17, 15) is 13.6 Å². The molecule has 1 amide bonds. The van der Waals surface area contributed by atoms with Crippen molar-refractivity contribution in [3.63, 3.8) is 0 Å². The molecule has 1 atom stereocenters. The molecule has 0 bridgehead atoms. The normalized spacial score (nSPS) is 26.5. The largest absolute Gasteiger partial charge is 0.383 e. The predicted octanol–water partition coefficient (Wildman–Crippen LogP) is 2.83. The topological polar surface area (TPSA) is 45.7 Å². The Kier molecular flexibility index (Phi) is 5.79. The van der Waals surface area contributed by atoms with Gasteiger partial charge in [-0.25, -0.2) is 13.8 Å². The quantitative estimate of drug-likeness (QED) is 0.729. The first-order valence-corrected chi connectivity index (χ1v) is 9.21. The molecule has 0 unspecified atom stereocenters. The van der Waals surface area contributed by atoms with Crippen LogP contribution in [0.1, 0.15) is 24.8 Å². The molecule has 1 spiro atoms. The molecule has 8 heteroatoms. The van der Waals surface area contributed by atoms with E-state index in [0.29, 0.717) is 43.4 Å². The summed E-state index contributed by atoms with van der Waals surface area (Å²) in [6.07, 6.45) is 2.39. The molecule has 0 aliphatic carbocycles. The zero-order valence-corrected chi connectivity index (χ0v) is 15.6. The van der Waals surface area contributed by atoms with Gasteiger partial charge in [0.15, 0.2) is 0 Å². The van der Waals surface area contributed by atoms with Crippen LogP contribution in [0.2, 0.25) is 5.15 Å². The summed E-state index contributed by atoms with van der Waals surface area (Å²) in [7, 11) is 1.57. The molecule has 1 aromatic rings. The lowest BCUT2D eigenvalue weighted by Gasteiger charge is -2.49. The number of methoxy groups -OCH3 is 1. The summed E-state index contributed by atoms with van der Waals surface area (Å²) in [6.45, 7) is 1.66. The molecule has 1 aromatic heterocycles. The first kappa shape index (κ1) is 19.5. The van der Waals surface area contributed by atoms with Crippen molar-refractivity contribution < 1.29 is 18.3 Å². The molecule has 3 heterocycles. The lowest BCUT2D eigenvalue weighted by atomic mass is 9.71. The van der Waals surface area contributed by atoms with Gasteiger partial charge in [-0.15, -0.1) is 0 Å². The molecule has 2 saturated heterocycles. The second-order valence-corrected chi connectivity index (χ2v) is 7.66. The van der Waals surface area contributed by atoms with Crippen molar-refractivity contribution in [3.05, 3.63) is 29.0 Å². The first-order chi connectivity index (χ1) is 12.4. The second-order valence-electron chi connectivity index (χ2n) is 7.30. The van der Waals surface area contributed by atoms with Crippen molar-refractivity contribution in [3.8, 4) is 0 Å². The van der Waals surface area contributed by atoms with E-state index in [2.05, 4.69) is 4.98 Å². The fourth-order valence-electron chi connectivity index (χ4n) is 4.19. The van der Waals surface area contributed by atoms with Gasteiger partial charge in [0, 0.05) is 51.5 Å². The smallest absolute Gasteiger partial charge is 0.261 e. The highest BCUT2D eigenvalue weighted by molar-refractivity contribution is 6.30. The number of carbonyl (C=O) groups is 1. The summed E-state index contributed by atoms with van der Waals surface area (Å²) in [4.78, 5) is 20.4. The van der Waals surface area contributed by atoms with Crippen LogP contribution >= 0.6 is 11.6 Å². The van der Waals surface area contributed by atoms with Crippen molar-refractivity contribution in [2.75, 3.05) is 39.9 Å². The van der Waals surface area contributed by atoms with Crippen LogP contribution in [0.5, 0.6) is 0 Å². The van der Waals surface area contributed by atoms with E-state index in [0.717, 1.165) is 6.42 Å². The maximum atomic E-state index is 14.6. The van der Waals surface area contributed by atoms with Crippen LogP contribution in [0.15, 0.2) is 18.3 Å². The Morgan fingerprint density at radius 2 is 2.19 bits per heavy atom. The molecule has 5 nitrogen and oxygen atoms in total. The molecule has 144 valence electrons. The van der Waals surface area contributed by atoms with Crippen molar-refractivity contribution in [2.45, 2.75) is 31.7 Å². The molecule has 2 fully saturated rings. The summed E-state index contributed by atoms with van der Waals surface area (Å²) in [5, 5.41) is 0.312. The summed E-state index contributed by atoms with van der Waals surface area (Å²) in [5.41, 5.74) is -0.343. The monoisotopic (exact) mass is 387 g/mol. The molecular formula is C18H24ClF2N3O2. The molecular weight excluding hydrogens is 364 g/mol. The molecule has 2 aliphatic rings. The van der Waals surface area contributed by atoms with Gasteiger partial charge in [0.25, 0.3) is 5.92 Å². The number of hydrogen-bond donors (Lipinski definition) is 0. The van der Waals surface area contributed by atoms with Gasteiger partial charge in [-0.05, 0) is 18.9 Å². The van der Waals surface area contributed by atoms with Crippen LogP contribution in [0.25, 0.3) is 0 Å². The minimum atomic E-state index is -2.91. The number of alkyl halides is 2. The third-order valence-electron chi connectivity index (χ3n) is 5.20. The van der Waals surface area contributed by atoms with Gasteiger partial charge >= 0.3 is 0 Å². The Labute approximate surface area is 157 Å². The van der Waals surface area contributed by atoms with Crippen LogP contribution in [0.3, 0.4) is 0 Å². The van der Waals surface area contributed by atoms with Crippen LogP contribution in [-0.4, -0.2) is 66.5 Å². The van der Waals surface area contributed by atoms with Gasteiger partial charge in [0.1, 0.15) is 5.15 Å². The van der Waals surface area contributed by atoms with E-state index in [1.54, 1.807) is 35.2 Å². The Balaban J connectivity index is 1.80. The van der Waals surface area contributed by atoms with Gasteiger partial charge in [-0.3, -0.25) is 9.69 Å². The number of piperidine rings is 2. The number of likely N-dealkylation sites (tertiary alicyclic amines) is 2. The van der Waals surface area contributed by atoms with Crippen molar-refractivity contribution in [2.24, 2.45) is 5.41 Å². The number of rotatable bonds is 5. The molecule has 0 aromatic carbocycles. The van der Waals surface area contributed by atoms with E-state index in [1.807, 2.05) is 0 Å². The number of hydrogen-bond acceptors (Lipinski definition) is 4. The fraction of sp³-hybridized carbons (Fsp3) is 0.667. The van der Waals surface area contributed by atoms with Gasteiger partial charge < -0.3 is 9.64 Å². The van der Waals surface area contributed by atoms with Crippen LogP contribution in [0, 0.1) is 5.41 Å².